The number of benzene rings is 3. The molecule has 0 atom stereocenters. The molecule has 1 heterocycles. The van der Waals surface area contributed by atoms with Gasteiger partial charge in [-0.25, -0.2) is 4.79 Å². The molecule has 0 unspecified atom stereocenters. The van der Waals surface area contributed by atoms with E-state index in [1.165, 1.54) is 11.1 Å². The predicted octanol–water partition coefficient (Wildman–Crippen LogP) is 4.02. The number of rotatable bonds is 3. The fourth-order valence-electron chi connectivity index (χ4n) is 4.40. The molecule has 0 spiro atoms. The van der Waals surface area contributed by atoms with Crippen molar-refractivity contribution in [2.24, 2.45) is 0 Å². The van der Waals surface area contributed by atoms with Gasteiger partial charge in [-0.3, -0.25) is 9.59 Å². The van der Waals surface area contributed by atoms with E-state index in [-0.39, 0.29) is 24.6 Å². The van der Waals surface area contributed by atoms with E-state index >= 15 is 0 Å². The summed E-state index contributed by atoms with van der Waals surface area (Å²) < 4.78 is 5.49. The Hall–Kier alpha value is -4.37. The molecule has 0 saturated heterocycles. The molecule has 33 heavy (non-hydrogen) atoms. The molecule has 2 N–H and O–H groups in total. The van der Waals surface area contributed by atoms with Crippen LogP contribution in [0.3, 0.4) is 0 Å². The molecule has 0 saturated carbocycles. The van der Waals surface area contributed by atoms with Crippen molar-refractivity contribution in [3.05, 3.63) is 88.5 Å². The second-order valence-corrected chi connectivity index (χ2v) is 7.94. The van der Waals surface area contributed by atoms with Gasteiger partial charge >= 0.3 is 6.09 Å². The highest BCUT2D eigenvalue weighted by Crippen LogP contribution is 2.44. The first-order chi connectivity index (χ1) is 16.0. The number of alkyl carbamates (subject to hydrolysis) is 1. The maximum atomic E-state index is 12.3. The Morgan fingerprint density at radius 1 is 1.00 bits per heavy atom. The van der Waals surface area contributed by atoms with Gasteiger partial charge in [-0.15, -0.1) is 0 Å². The number of ether oxygens (including phenoxy) is 1. The summed E-state index contributed by atoms with van der Waals surface area (Å²) in [5.41, 5.74) is 6.65. The lowest BCUT2D eigenvalue weighted by molar-refractivity contribution is -0.112. The fourth-order valence-corrected chi connectivity index (χ4v) is 4.40. The number of Topliss-reactive ketones (excluding diaryl/α,β-unsaturated/α-hetero) is 1. The highest BCUT2D eigenvalue weighted by Gasteiger charge is 2.31. The average Bonchev–Trinajstić information content (AvgIpc) is 3.30. The molecule has 3 aromatic carbocycles. The molecular formula is C27H20N2O4. The fraction of sp³-hybridized carbons (Fsp3) is 0.148. The Bertz CT molecular complexity index is 1330. The molecule has 6 nitrogen and oxygen atoms in total. The molecule has 5 rings (SSSR count). The quantitative estimate of drug-likeness (QED) is 0.480. The number of fused-ring (bicyclic) bond motifs is 4. The van der Waals surface area contributed by atoms with Crippen molar-refractivity contribution in [3.8, 4) is 23.0 Å². The Labute approximate surface area is 191 Å². The highest BCUT2D eigenvalue weighted by molar-refractivity contribution is 6.52. The number of aryl methyl sites for hydroxylation is 1. The first-order valence-electron chi connectivity index (χ1n) is 10.6. The number of hydrogen-bond acceptors (Lipinski definition) is 4. The number of carbonyl (C=O) groups is 3. The van der Waals surface area contributed by atoms with Crippen LogP contribution in [0.5, 0.6) is 0 Å². The molecule has 2 aliphatic rings. The Morgan fingerprint density at radius 3 is 2.36 bits per heavy atom. The van der Waals surface area contributed by atoms with E-state index in [0.717, 1.165) is 16.7 Å². The van der Waals surface area contributed by atoms with Crippen LogP contribution in [-0.4, -0.2) is 30.9 Å². The summed E-state index contributed by atoms with van der Waals surface area (Å²) in [5.74, 6) is 4.49. The monoisotopic (exact) mass is 436 g/mol. The lowest BCUT2D eigenvalue weighted by Gasteiger charge is -2.14. The molecular weight excluding hydrogens is 416 g/mol. The van der Waals surface area contributed by atoms with Crippen LogP contribution in [0.1, 0.15) is 38.5 Å². The van der Waals surface area contributed by atoms with Crippen LogP contribution in [0.15, 0.2) is 60.7 Å². The van der Waals surface area contributed by atoms with Crippen molar-refractivity contribution in [1.29, 1.82) is 0 Å². The molecule has 162 valence electrons. The standard InChI is InChI=1S/C27H20N2O4/c1-16-12-13-23-24(25(30)26(31)29-23)17(16)11-6-14-28-27(32)33-15-22-20-9-4-2-7-18(20)19-8-3-5-10-21(19)22/h2-5,7-10,12-13,22H,14-15H2,1H3,(H,28,32)(H,29,30,31). The lowest BCUT2D eigenvalue weighted by atomic mass is 9.98. The van der Waals surface area contributed by atoms with E-state index in [1.54, 1.807) is 12.1 Å². The maximum Gasteiger partial charge on any atom is 0.407 e. The van der Waals surface area contributed by atoms with E-state index in [9.17, 15) is 14.4 Å². The Morgan fingerprint density at radius 2 is 1.67 bits per heavy atom. The lowest BCUT2D eigenvalue weighted by Crippen LogP contribution is -2.26. The first kappa shape index (κ1) is 20.5. The first-order valence-corrected chi connectivity index (χ1v) is 10.6. The molecule has 2 amide bonds. The van der Waals surface area contributed by atoms with Crippen LogP contribution in [0, 0.1) is 18.8 Å². The molecule has 0 radical (unpaired) electrons. The number of nitrogens with one attached hydrogen (secondary N) is 2. The maximum absolute atomic E-state index is 12.3. The van der Waals surface area contributed by atoms with Crippen molar-refractivity contribution in [2.45, 2.75) is 12.8 Å². The molecule has 0 fully saturated rings. The number of carbonyl (C=O) groups excluding carboxylic acids is 3. The largest absolute Gasteiger partial charge is 0.449 e. The predicted molar refractivity (Wildman–Crippen MR) is 124 cm³/mol. The van der Waals surface area contributed by atoms with E-state index in [1.807, 2.05) is 31.2 Å². The van der Waals surface area contributed by atoms with Crippen LogP contribution in [0.2, 0.25) is 0 Å². The molecule has 3 aromatic rings. The van der Waals surface area contributed by atoms with Gasteiger partial charge in [0, 0.05) is 11.5 Å². The third-order valence-electron chi connectivity index (χ3n) is 5.97. The zero-order valence-corrected chi connectivity index (χ0v) is 17.9. The Balaban J connectivity index is 1.23. The summed E-state index contributed by atoms with van der Waals surface area (Å²) in [6.07, 6.45) is -0.561. The second-order valence-electron chi connectivity index (χ2n) is 7.94. The smallest absolute Gasteiger partial charge is 0.407 e. The third kappa shape index (κ3) is 3.64. The van der Waals surface area contributed by atoms with Gasteiger partial charge in [-0.05, 0) is 40.8 Å². The molecule has 1 aliphatic carbocycles. The minimum atomic E-state index is -0.657. The van der Waals surface area contributed by atoms with E-state index in [2.05, 4.69) is 46.7 Å². The normalized spacial score (nSPS) is 13.4. The molecule has 1 aliphatic heterocycles. The van der Waals surface area contributed by atoms with Crippen LogP contribution in [0.4, 0.5) is 10.5 Å². The van der Waals surface area contributed by atoms with Gasteiger partial charge in [0.25, 0.3) is 11.7 Å². The average molecular weight is 436 g/mol. The second kappa shape index (κ2) is 8.29. The van der Waals surface area contributed by atoms with Gasteiger partial charge in [0.05, 0.1) is 17.8 Å². The molecule has 6 heteroatoms. The van der Waals surface area contributed by atoms with Gasteiger partial charge in [-0.1, -0.05) is 66.4 Å². The third-order valence-corrected chi connectivity index (χ3v) is 5.97. The van der Waals surface area contributed by atoms with E-state index < -0.39 is 17.8 Å². The van der Waals surface area contributed by atoms with Crippen molar-refractivity contribution >= 4 is 23.5 Å². The zero-order chi connectivity index (χ0) is 22.9. The zero-order valence-electron chi connectivity index (χ0n) is 17.9. The minimum absolute atomic E-state index is 0.0140. The van der Waals surface area contributed by atoms with E-state index in [0.29, 0.717) is 11.3 Å². The number of amides is 2. The van der Waals surface area contributed by atoms with Crippen LogP contribution >= 0.6 is 0 Å². The van der Waals surface area contributed by atoms with Gasteiger partial charge in [0.2, 0.25) is 0 Å². The number of hydrogen-bond donors (Lipinski definition) is 2. The van der Waals surface area contributed by atoms with Crippen LogP contribution in [-0.2, 0) is 9.53 Å². The Kier molecular flexibility index (Phi) is 5.15. The van der Waals surface area contributed by atoms with Crippen molar-refractivity contribution in [1.82, 2.24) is 5.32 Å². The summed E-state index contributed by atoms with van der Waals surface area (Å²) in [7, 11) is 0. The summed E-state index contributed by atoms with van der Waals surface area (Å²) in [5, 5.41) is 5.16. The van der Waals surface area contributed by atoms with Gasteiger partial charge < -0.3 is 15.4 Å². The van der Waals surface area contributed by atoms with Crippen molar-refractivity contribution in [3.63, 3.8) is 0 Å². The van der Waals surface area contributed by atoms with Crippen LogP contribution < -0.4 is 10.6 Å². The minimum Gasteiger partial charge on any atom is -0.449 e. The summed E-state index contributed by atoms with van der Waals surface area (Å²) >= 11 is 0. The summed E-state index contributed by atoms with van der Waals surface area (Å²) in [6, 6.07) is 19.8. The van der Waals surface area contributed by atoms with Crippen molar-refractivity contribution < 1.29 is 19.1 Å². The topological polar surface area (TPSA) is 84.5 Å². The van der Waals surface area contributed by atoms with Gasteiger partial charge in [0.15, 0.2) is 0 Å². The molecule has 0 aromatic heterocycles. The summed E-state index contributed by atoms with van der Waals surface area (Å²) in [4.78, 5) is 36.1. The number of anilines is 1. The van der Waals surface area contributed by atoms with Crippen LogP contribution in [0.25, 0.3) is 11.1 Å². The molecule has 0 bridgehead atoms. The highest BCUT2D eigenvalue weighted by atomic mass is 16.5. The summed E-state index contributed by atoms with van der Waals surface area (Å²) in [6.45, 7) is 2.09. The number of ketones is 1. The van der Waals surface area contributed by atoms with Gasteiger partial charge in [0.1, 0.15) is 6.61 Å². The van der Waals surface area contributed by atoms with Gasteiger partial charge in [-0.2, -0.15) is 0 Å². The van der Waals surface area contributed by atoms with Crippen molar-refractivity contribution in [2.75, 3.05) is 18.5 Å². The SMILES string of the molecule is Cc1ccc2c(c1C#CCNC(=O)OCC1c3ccccc3-c3ccccc31)C(=O)C(=O)N2. The van der Waals surface area contributed by atoms with E-state index in [4.69, 9.17) is 4.74 Å².